The summed E-state index contributed by atoms with van der Waals surface area (Å²) in [5.74, 6) is 0.606. The highest BCUT2D eigenvalue weighted by Gasteiger charge is 2.45. The van der Waals surface area contributed by atoms with Crippen LogP contribution in [0.3, 0.4) is 0 Å². The number of nitrogens with two attached hydrogens (primary N) is 1. The van der Waals surface area contributed by atoms with Crippen LogP contribution in [0.4, 0.5) is 16.2 Å². The molecule has 4 heteroatoms. The normalized spacial score (nSPS) is 20.7. The molecule has 1 unspecified atom stereocenters. The van der Waals surface area contributed by atoms with Gasteiger partial charge in [-0.1, -0.05) is 19.9 Å². The van der Waals surface area contributed by atoms with Crippen LogP contribution in [0.1, 0.15) is 20.3 Å². The molecule has 4 nitrogen and oxygen atoms in total. The Kier molecular flexibility index (Phi) is 2.96. The lowest BCUT2D eigenvalue weighted by atomic mass is 10.1. The first-order valence-electron chi connectivity index (χ1n) is 5.88. The molecule has 1 fully saturated rings. The smallest absolute Gasteiger partial charge is 0.319 e. The number of amides is 2. The minimum Gasteiger partial charge on any atom is -0.399 e. The lowest BCUT2D eigenvalue weighted by Crippen LogP contribution is -2.31. The first-order chi connectivity index (χ1) is 7.97. The van der Waals surface area contributed by atoms with E-state index in [1.54, 1.807) is 12.1 Å². The maximum Gasteiger partial charge on any atom is 0.319 e. The van der Waals surface area contributed by atoms with E-state index in [1.807, 2.05) is 12.1 Å². The quantitative estimate of drug-likeness (QED) is 0.702. The molecule has 92 valence electrons. The van der Waals surface area contributed by atoms with Crippen LogP contribution in [-0.4, -0.2) is 12.6 Å². The van der Waals surface area contributed by atoms with Crippen LogP contribution in [0.5, 0.6) is 0 Å². The van der Waals surface area contributed by atoms with E-state index >= 15 is 0 Å². The summed E-state index contributed by atoms with van der Waals surface area (Å²) in [5, 5.41) is 5.64. The van der Waals surface area contributed by atoms with Gasteiger partial charge in [-0.3, -0.25) is 0 Å². The molecule has 0 heterocycles. The van der Waals surface area contributed by atoms with Gasteiger partial charge in [0.05, 0.1) is 0 Å². The van der Waals surface area contributed by atoms with E-state index in [4.69, 9.17) is 5.73 Å². The predicted molar refractivity (Wildman–Crippen MR) is 69.8 cm³/mol. The van der Waals surface area contributed by atoms with E-state index in [9.17, 15) is 4.79 Å². The molecule has 1 saturated carbocycles. The molecule has 1 aromatic carbocycles. The molecule has 0 spiro atoms. The van der Waals surface area contributed by atoms with Crippen molar-refractivity contribution in [2.24, 2.45) is 11.3 Å². The minimum atomic E-state index is -0.168. The van der Waals surface area contributed by atoms with Crippen molar-refractivity contribution in [3.8, 4) is 0 Å². The maximum atomic E-state index is 11.6. The number of nitrogen functional groups attached to an aromatic ring is 1. The van der Waals surface area contributed by atoms with E-state index < -0.39 is 0 Å². The molecule has 0 saturated heterocycles. The van der Waals surface area contributed by atoms with Crippen LogP contribution in [0, 0.1) is 11.3 Å². The molecular formula is C13H19N3O. The molecule has 2 rings (SSSR count). The van der Waals surface area contributed by atoms with Gasteiger partial charge in [-0.15, -0.1) is 0 Å². The van der Waals surface area contributed by atoms with E-state index in [0.29, 0.717) is 17.0 Å². The van der Waals surface area contributed by atoms with Gasteiger partial charge in [0.1, 0.15) is 0 Å². The van der Waals surface area contributed by atoms with Crippen LogP contribution in [0.25, 0.3) is 0 Å². The summed E-state index contributed by atoms with van der Waals surface area (Å²) in [6, 6.07) is 6.99. The fourth-order valence-electron chi connectivity index (χ4n) is 1.93. The molecular weight excluding hydrogens is 214 g/mol. The van der Waals surface area contributed by atoms with Gasteiger partial charge in [0, 0.05) is 17.9 Å². The van der Waals surface area contributed by atoms with Crippen molar-refractivity contribution < 1.29 is 4.79 Å². The largest absolute Gasteiger partial charge is 0.399 e. The Morgan fingerprint density at radius 1 is 1.53 bits per heavy atom. The zero-order valence-corrected chi connectivity index (χ0v) is 10.3. The number of rotatable bonds is 3. The van der Waals surface area contributed by atoms with Gasteiger partial charge in [0.2, 0.25) is 0 Å². The third-order valence-corrected chi connectivity index (χ3v) is 3.37. The van der Waals surface area contributed by atoms with E-state index in [0.717, 1.165) is 12.2 Å². The standard InChI is InChI=1S/C13H19N3O/c1-13(2)7-9(13)8-15-12(17)16-11-5-3-4-10(14)6-11/h3-6,9H,7-8,14H2,1-2H3,(H2,15,16,17). The molecule has 1 atom stereocenters. The molecule has 0 aliphatic heterocycles. The average molecular weight is 233 g/mol. The summed E-state index contributed by atoms with van der Waals surface area (Å²) >= 11 is 0. The van der Waals surface area contributed by atoms with Crippen molar-refractivity contribution in [3.63, 3.8) is 0 Å². The van der Waals surface area contributed by atoms with Crippen molar-refractivity contribution in [2.75, 3.05) is 17.6 Å². The minimum absolute atomic E-state index is 0.168. The third-order valence-electron chi connectivity index (χ3n) is 3.37. The summed E-state index contributed by atoms with van der Waals surface area (Å²) in [6.45, 7) is 5.17. The van der Waals surface area contributed by atoms with Gasteiger partial charge < -0.3 is 16.4 Å². The Morgan fingerprint density at radius 2 is 2.24 bits per heavy atom. The highest BCUT2D eigenvalue weighted by atomic mass is 16.2. The molecule has 2 amide bonds. The van der Waals surface area contributed by atoms with Crippen LogP contribution >= 0.6 is 0 Å². The molecule has 0 aromatic heterocycles. The molecule has 17 heavy (non-hydrogen) atoms. The number of carbonyl (C=O) groups excluding carboxylic acids is 1. The number of urea groups is 1. The maximum absolute atomic E-state index is 11.6. The van der Waals surface area contributed by atoms with Gasteiger partial charge in [0.25, 0.3) is 0 Å². The van der Waals surface area contributed by atoms with Gasteiger partial charge in [-0.05, 0) is 36.0 Å². The second-order valence-corrected chi connectivity index (χ2v) is 5.35. The fourth-order valence-corrected chi connectivity index (χ4v) is 1.93. The van der Waals surface area contributed by atoms with Crippen LogP contribution in [0.15, 0.2) is 24.3 Å². The van der Waals surface area contributed by atoms with Crippen molar-refractivity contribution in [2.45, 2.75) is 20.3 Å². The SMILES string of the molecule is CC1(C)CC1CNC(=O)Nc1cccc(N)c1. The Morgan fingerprint density at radius 3 is 2.82 bits per heavy atom. The fraction of sp³-hybridized carbons (Fsp3) is 0.462. The van der Waals surface area contributed by atoms with Crippen LogP contribution < -0.4 is 16.4 Å². The van der Waals surface area contributed by atoms with Gasteiger partial charge in [-0.25, -0.2) is 4.79 Å². The first-order valence-corrected chi connectivity index (χ1v) is 5.88. The number of hydrogen-bond donors (Lipinski definition) is 3. The molecule has 1 aliphatic carbocycles. The molecule has 0 bridgehead atoms. The Balaban J connectivity index is 1.78. The first kappa shape index (κ1) is 11.8. The molecule has 1 aliphatic rings. The number of carbonyl (C=O) groups is 1. The van der Waals surface area contributed by atoms with Gasteiger partial charge >= 0.3 is 6.03 Å². The van der Waals surface area contributed by atoms with Crippen LogP contribution in [0.2, 0.25) is 0 Å². The zero-order valence-electron chi connectivity index (χ0n) is 10.3. The number of nitrogens with one attached hydrogen (secondary N) is 2. The van der Waals surface area contributed by atoms with E-state index in [2.05, 4.69) is 24.5 Å². The second-order valence-electron chi connectivity index (χ2n) is 5.35. The number of hydrogen-bond acceptors (Lipinski definition) is 2. The van der Waals surface area contributed by atoms with E-state index in [-0.39, 0.29) is 6.03 Å². The topological polar surface area (TPSA) is 67.2 Å². The van der Waals surface area contributed by atoms with Crippen molar-refractivity contribution in [3.05, 3.63) is 24.3 Å². The molecule has 1 aromatic rings. The number of benzene rings is 1. The van der Waals surface area contributed by atoms with E-state index in [1.165, 1.54) is 6.42 Å². The van der Waals surface area contributed by atoms with Gasteiger partial charge in [-0.2, -0.15) is 0 Å². The van der Waals surface area contributed by atoms with Crippen LogP contribution in [-0.2, 0) is 0 Å². The lowest BCUT2D eigenvalue weighted by Gasteiger charge is -2.08. The Bertz CT molecular complexity index is 428. The average Bonchev–Trinajstić information content (AvgIpc) is 2.84. The summed E-state index contributed by atoms with van der Waals surface area (Å²) < 4.78 is 0. The lowest BCUT2D eigenvalue weighted by molar-refractivity contribution is 0.251. The Labute approximate surface area is 102 Å². The summed E-state index contributed by atoms with van der Waals surface area (Å²) in [5.41, 5.74) is 7.39. The zero-order chi connectivity index (χ0) is 12.5. The number of anilines is 2. The summed E-state index contributed by atoms with van der Waals surface area (Å²) in [6.07, 6.45) is 1.19. The summed E-state index contributed by atoms with van der Waals surface area (Å²) in [7, 11) is 0. The van der Waals surface area contributed by atoms with Gasteiger partial charge in [0.15, 0.2) is 0 Å². The van der Waals surface area contributed by atoms with Crippen molar-refractivity contribution in [1.82, 2.24) is 5.32 Å². The monoisotopic (exact) mass is 233 g/mol. The predicted octanol–water partition coefficient (Wildman–Crippen LogP) is 2.44. The molecule has 4 N–H and O–H groups in total. The third kappa shape index (κ3) is 3.12. The highest BCUT2D eigenvalue weighted by Crippen LogP contribution is 2.50. The summed E-state index contributed by atoms with van der Waals surface area (Å²) in [4.78, 5) is 11.6. The van der Waals surface area contributed by atoms with Crippen molar-refractivity contribution in [1.29, 1.82) is 0 Å². The highest BCUT2D eigenvalue weighted by molar-refractivity contribution is 5.89. The van der Waals surface area contributed by atoms with Crippen molar-refractivity contribution >= 4 is 17.4 Å². The molecule has 0 radical (unpaired) electrons. The second kappa shape index (κ2) is 4.28. The Hall–Kier alpha value is -1.71.